The number of nitrogens with zero attached hydrogens (tertiary/aromatic N) is 1. The van der Waals surface area contributed by atoms with Crippen LogP contribution in [0, 0.1) is 5.92 Å². The maximum atomic E-state index is 12.3. The summed E-state index contributed by atoms with van der Waals surface area (Å²) in [5, 5.41) is 2.66. The topological polar surface area (TPSA) is 67.9 Å². The summed E-state index contributed by atoms with van der Waals surface area (Å²) in [4.78, 5) is 25.8. The van der Waals surface area contributed by atoms with Crippen LogP contribution in [0.25, 0.3) is 6.08 Å². The van der Waals surface area contributed by atoms with E-state index < -0.39 is 0 Å². The second-order valence-corrected chi connectivity index (χ2v) is 5.68. The molecule has 0 aromatic heterocycles. The molecule has 3 rings (SSSR count). The van der Waals surface area contributed by atoms with E-state index in [1.165, 1.54) is 0 Å². The minimum absolute atomic E-state index is 0.00208. The minimum atomic E-state index is -0.114. The van der Waals surface area contributed by atoms with Gasteiger partial charge in [-0.05, 0) is 36.6 Å². The Balaban J connectivity index is 1.63. The maximum absolute atomic E-state index is 12.3. The molecule has 2 aliphatic rings. The van der Waals surface area contributed by atoms with Crippen molar-refractivity contribution < 1.29 is 19.1 Å². The normalized spacial score (nSPS) is 19.9. The number of likely N-dealkylation sites (tertiary alicyclic amines) is 1. The van der Waals surface area contributed by atoms with Gasteiger partial charge in [-0.25, -0.2) is 0 Å². The van der Waals surface area contributed by atoms with Gasteiger partial charge >= 0.3 is 0 Å². The lowest BCUT2D eigenvalue weighted by atomic mass is 9.97. The van der Waals surface area contributed by atoms with E-state index in [-0.39, 0.29) is 24.5 Å². The van der Waals surface area contributed by atoms with Gasteiger partial charge in [-0.1, -0.05) is 6.07 Å². The highest BCUT2D eigenvalue weighted by molar-refractivity contribution is 5.92. The first-order chi connectivity index (χ1) is 11.2. The smallest absolute Gasteiger partial charge is 0.246 e. The zero-order chi connectivity index (χ0) is 16.2. The molecule has 6 nitrogen and oxygen atoms in total. The van der Waals surface area contributed by atoms with E-state index in [1.54, 1.807) is 24.1 Å². The third-order valence-corrected chi connectivity index (χ3v) is 4.17. The highest BCUT2D eigenvalue weighted by Crippen LogP contribution is 2.32. The standard InChI is InChI=1S/C17H20N2O4/c1-18-17(21)13-3-2-8-19(10-13)16(20)7-5-12-4-6-14-15(9-12)23-11-22-14/h4-7,9,13H,2-3,8,10-11H2,1H3,(H,18,21)/b7-5+. The molecule has 1 aromatic rings. The first kappa shape index (κ1) is 15.4. The van der Waals surface area contributed by atoms with Crippen molar-refractivity contribution in [3.63, 3.8) is 0 Å². The van der Waals surface area contributed by atoms with Crippen molar-refractivity contribution in [1.82, 2.24) is 10.2 Å². The summed E-state index contributed by atoms with van der Waals surface area (Å²) < 4.78 is 10.6. The van der Waals surface area contributed by atoms with Crippen LogP contribution in [-0.4, -0.2) is 43.6 Å². The lowest BCUT2D eigenvalue weighted by molar-refractivity contribution is -0.131. The quantitative estimate of drug-likeness (QED) is 0.856. The monoisotopic (exact) mass is 316 g/mol. The van der Waals surface area contributed by atoms with Gasteiger partial charge in [0.1, 0.15) is 0 Å². The second kappa shape index (κ2) is 6.73. The van der Waals surface area contributed by atoms with Gasteiger partial charge < -0.3 is 19.7 Å². The molecule has 1 unspecified atom stereocenters. The summed E-state index contributed by atoms with van der Waals surface area (Å²) >= 11 is 0. The van der Waals surface area contributed by atoms with Crippen LogP contribution in [-0.2, 0) is 9.59 Å². The van der Waals surface area contributed by atoms with E-state index in [9.17, 15) is 9.59 Å². The Morgan fingerprint density at radius 1 is 1.30 bits per heavy atom. The number of amides is 2. The first-order valence-corrected chi connectivity index (χ1v) is 7.75. The van der Waals surface area contributed by atoms with Crippen molar-refractivity contribution >= 4 is 17.9 Å². The highest BCUT2D eigenvalue weighted by Gasteiger charge is 2.26. The van der Waals surface area contributed by atoms with E-state index in [0.29, 0.717) is 18.8 Å². The van der Waals surface area contributed by atoms with Crippen LogP contribution in [0.3, 0.4) is 0 Å². The molecule has 0 aliphatic carbocycles. The Hall–Kier alpha value is -2.50. The fourth-order valence-electron chi connectivity index (χ4n) is 2.89. The fourth-order valence-corrected chi connectivity index (χ4v) is 2.89. The van der Waals surface area contributed by atoms with Crippen LogP contribution in [0.5, 0.6) is 11.5 Å². The lowest BCUT2D eigenvalue weighted by Crippen LogP contribution is -2.44. The number of rotatable bonds is 3. The number of benzene rings is 1. The molecular weight excluding hydrogens is 296 g/mol. The molecule has 0 radical (unpaired) electrons. The number of piperidine rings is 1. The van der Waals surface area contributed by atoms with Crippen molar-refractivity contribution in [3.05, 3.63) is 29.8 Å². The van der Waals surface area contributed by atoms with Gasteiger partial charge in [-0.2, -0.15) is 0 Å². The second-order valence-electron chi connectivity index (χ2n) is 5.68. The number of carbonyl (C=O) groups is 2. The zero-order valence-electron chi connectivity index (χ0n) is 13.1. The largest absolute Gasteiger partial charge is 0.454 e. The summed E-state index contributed by atoms with van der Waals surface area (Å²) in [6.07, 6.45) is 4.98. The van der Waals surface area contributed by atoms with Crippen LogP contribution < -0.4 is 14.8 Å². The molecule has 0 bridgehead atoms. The van der Waals surface area contributed by atoms with Gasteiger partial charge in [0.25, 0.3) is 0 Å². The molecule has 2 aliphatic heterocycles. The number of fused-ring (bicyclic) bond motifs is 1. The van der Waals surface area contributed by atoms with E-state index in [1.807, 2.05) is 18.2 Å². The summed E-state index contributed by atoms with van der Waals surface area (Å²) in [6, 6.07) is 5.55. The van der Waals surface area contributed by atoms with E-state index >= 15 is 0 Å². The minimum Gasteiger partial charge on any atom is -0.454 e. The number of hydrogen-bond donors (Lipinski definition) is 1. The molecule has 1 fully saturated rings. The van der Waals surface area contributed by atoms with E-state index in [4.69, 9.17) is 9.47 Å². The van der Waals surface area contributed by atoms with Gasteiger partial charge in [-0.3, -0.25) is 9.59 Å². The Labute approximate surface area is 135 Å². The zero-order valence-corrected chi connectivity index (χ0v) is 13.1. The van der Waals surface area contributed by atoms with Gasteiger partial charge in [0.2, 0.25) is 18.6 Å². The summed E-state index contributed by atoms with van der Waals surface area (Å²) in [6.45, 7) is 1.40. The van der Waals surface area contributed by atoms with Gasteiger partial charge in [0, 0.05) is 26.2 Å². The summed E-state index contributed by atoms with van der Waals surface area (Å²) in [7, 11) is 1.63. The number of hydrogen-bond acceptors (Lipinski definition) is 4. The first-order valence-electron chi connectivity index (χ1n) is 7.75. The van der Waals surface area contributed by atoms with Crippen LogP contribution >= 0.6 is 0 Å². The molecule has 122 valence electrons. The predicted octanol–water partition coefficient (Wildman–Crippen LogP) is 1.41. The predicted molar refractivity (Wildman–Crippen MR) is 85.0 cm³/mol. The van der Waals surface area contributed by atoms with Crippen molar-refractivity contribution in [2.75, 3.05) is 26.9 Å². The summed E-state index contributed by atoms with van der Waals surface area (Å²) in [5.41, 5.74) is 0.877. The van der Waals surface area contributed by atoms with Crippen LogP contribution in [0.2, 0.25) is 0 Å². The van der Waals surface area contributed by atoms with Crippen molar-refractivity contribution in [2.45, 2.75) is 12.8 Å². The number of carbonyl (C=O) groups excluding carboxylic acids is 2. The number of nitrogens with one attached hydrogen (secondary N) is 1. The van der Waals surface area contributed by atoms with Gasteiger partial charge in [0.05, 0.1) is 5.92 Å². The molecule has 2 heterocycles. The SMILES string of the molecule is CNC(=O)C1CCCN(C(=O)/C=C/c2ccc3c(c2)OCO3)C1. The molecule has 0 saturated carbocycles. The molecule has 6 heteroatoms. The van der Waals surface area contributed by atoms with Crippen molar-refractivity contribution in [1.29, 1.82) is 0 Å². The maximum Gasteiger partial charge on any atom is 0.246 e. The molecule has 1 saturated heterocycles. The van der Waals surface area contributed by atoms with Crippen LogP contribution in [0.15, 0.2) is 24.3 Å². The third-order valence-electron chi connectivity index (χ3n) is 4.17. The Morgan fingerprint density at radius 2 is 2.13 bits per heavy atom. The molecule has 2 amide bonds. The molecule has 23 heavy (non-hydrogen) atoms. The fraction of sp³-hybridized carbons (Fsp3) is 0.412. The Morgan fingerprint density at radius 3 is 2.96 bits per heavy atom. The molecule has 0 spiro atoms. The average Bonchev–Trinajstić information content (AvgIpc) is 3.06. The van der Waals surface area contributed by atoms with E-state index in [2.05, 4.69) is 5.32 Å². The van der Waals surface area contributed by atoms with Crippen LogP contribution in [0.1, 0.15) is 18.4 Å². The highest BCUT2D eigenvalue weighted by atomic mass is 16.7. The number of ether oxygens (including phenoxy) is 2. The summed E-state index contributed by atoms with van der Waals surface area (Å²) in [5.74, 6) is 1.23. The Kier molecular flexibility index (Phi) is 4.50. The molecular formula is C17H20N2O4. The average molecular weight is 316 g/mol. The molecule has 1 atom stereocenters. The van der Waals surface area contributed by atoms with Crippen molar-refractivity contribution in [2.24, 2.45) is 5.92 Å². The third kappa shape index (κ3) is 3.47. The van der Waals surface area contributed by atoms with Crippen molar-refractivity contribution in [3.8, 4) is 11.5 Å². The Bertz CT molecular complexity index is 641. The lowest BCUT2D eigenvalue weighted by Gasteiger charge is -2.31. The van der Waals surface area contributed by atoms with Gasteiger partial charge in [0.15, 0.2) is 11.5 Å². The van der Waals surface area contributed by atoms with E-state index in [0.717, 1.165) is 24.2 Å². The molecule has 1 aromatic carbocycles. The van der Waals surface area contributed by atoms with Gasteiger partial charge in [-0.15, -0.1) is 0 Å². The molecule has 1 N–H and O–H groups in total. The van der Waals surface area contributed by atoms with Crippen LogP contribution in [0.4, 0.5) is 0 Å².